The van der Waals surface area contributed by atoms with Gasteiger partial charge in [-0.15, -0.1) is 0 Å². The Labute approximate surface area is 103 Å². The Morgan fingerprint density at radius 2 is 2.47 bits per heavy atom. The number of rotatable bonds is 4. The zero-order chi connectivity index (χ0) is 10.5. The van der Waals surface area contributed by atoms with E-state index in [1.54, 1.807) is 0 Å². The molecule has 0 amide bonds. The number of nitrogens with zero attached hydrogens (tertiary/aromatic N) is 1. The van der Waals surface area contributed by atoms with Crippen LogP contribution in [0.3, 0.4) is 0 Å². The van der Waals surface area contributed by atoms with Gasteiger partial charge >= 0.3 is 0 Å². The molecule has 0 spiro atoms. The fraction of sp³-hybridized carbons (Fsp3) is 0.545. The van der Waals surface area contributed by atoms with Gasteiger partial charge < -0.3 is 5.32 Å². The second-order valence-corrected chi connectivity index (χ2v) is 5.94. The Hall–Kier alpha value is -0.0600. The van der Waals surface area contributed by atoms with E-state index in [1.807, 2.05) is 12.1 Å². The van der Waals surface area contributed by atoms with Crippen LogP contribution in [0.2, 0.25) is 0 Å². The summed E-state index contributed by atoms with van der Waals surface area (Å²) in [7, 11) is 0. The molecule has 4 heteroatoms. The highest BCUT2D eigenvalue weighted by molar-refractivity contribution is 9.10. The van der Waals surface area contributed by atoms with Crippen LogP contribution in [0.1, 0.15) is 18.5 Å². The molecule has 1 aliphatic rings. The van der Waals surface area contributed by atoms with Crippen LogP contribution < -0.4 is 5.32 Å². The van der Waals surface area contributed by atoms with E-state index in [-0.39, 0.29) is 0 Å². The molecule has 1 fully saturated rings. The van der Waals surface area contributed by atoms with Gasteiger partial charge in [-0.3, -0.25) is 0 Å². The molecule has 1 aromatic heterocycles. The van der Waals surface area contributed by atoms with E-state index in [4.69, 9.17) is 0 Å². The molecule has 0 aromatic carbocycles. The highest BCUT2D eigenvalue weighted by Gasteiger charge is 2.14. The molecule has 82 valence electrons. The molecule has 1 aromatic rings. The van der Waals surface area contributed by atoms with Crippen molar-refractivity contribution < 1.29 is 0 Å². The van der Waals surface area contributed by atoms with Gasteiger partial charge in [0.25, 0.3) is 0 Å². The summed E-state index contributed by atoms with van der Waals surface area (Å²) in [5.41, 5.74) is 1.10. The molecular weight excluding hydrogens is 272 g/mol. The minimum atomic E-state index is 0.817. The van der Waals surface area contributed by atoms with Crippen LogP contribution >= 0.6 is 27.7 Å². The average Bonchev–Trinajstić information content (AvgIpc) is 2.71. The molecule has 2 nitrogen and oxygen atoms in total. The summed E-state index contributed by atoms with van der Waals surface area (Å²) in [6, 6.07) is 6.04. The van der Waals surface area contributed by atoms with Crippen molar-refractivity contribution in [2.45, 2.75) is 24.6 Å². The van der Waals surface area contributed by atoms with E-state index in [9.17, 15) is 0 Å². The highest BCUT2D eigenvalue weighted by atomic mass is 79.9. The van der Waals surface area contributed by atoms with E-state index in [2.05, 4.69) is 44.1 Å². The van der Waals surface area contributed by atoms with Gasteiger partial charge in [-0.25, -0.2) is 4.98 Å². The zero-order valence-electron chi connectivity index (χ0n) is 8.58. The van der Waals surface area contributed by atoms with Crippen LogP contribution in [0, 0.1) is 0 Å². The fourth-order valence-corrected chi connectivity index (χ4v) is 3.33. The van der Waals surface area contributed by atoms with Crippen molar-refractivity contribution in [2.24, 2.45) is 0 Å². The third-order valence-corrected chi connectivity index (χ3v) is 4.31. The molecule has 0 bridgehead atoms. The maximum absolute atomic E-state index is 4.38. The molecule has 1 saturated heterocycles. The van der Waals surface area contributed by atoms with Crippen LogP contribution in [0.15, 0.2) is 22.8 Å². The fourth-order valence-electron chi connectivity index (χ4n) is 1.72. The molecule has 1 unspecified atom stereocenters. The molecule has 1 aliphatic heterocycles. The average molecular weight is 287 g/mol. The summed E-state index contributed by atoms with van der Waals surface area (Å²) in [5.74, 6) is 1.33. The molecular formula is C11H15BrN2S. The van der Waals surface area contributed by atoms with Crippen molar-refractivity contribution in [2.75, 3.05) is 12.3 Å². The highest BCUT2D eigenvalue weighted by Crippen LogP contribution is 2.25. The van der Waals surface area contributed by atoms with Gasteiger partial charge in [0.05, 0.1) is 5.69 Å². The molecule has 2 rings (SSSR count). The summed E-state index contributed by atoms with van der Waals surface area (Å²) < 4.78 is 0.914. The predicted octanol–water partition coefficient (Wildman–Crippen LogP) is 2.83. The molecule has 0 aliphatic carbocycles. The Morgan fingerprint density at radius 1 is 1.53 bits per heavy atom. The maximum atomic E-state index is 4.38. The summed E-state index contributed by atoms with van der Waals surface area (Å²) in [6.07, 6.45) is 2.75. The van der Waals surface area contributed by atoms with E-state index in [0.717, 1.165) is 28.6 Å². The first kappa shape index (κ1) is 11.4. The van der Waals surface area contributed by atoms with E-state index in [1.165, 1.54) is 18.6 Å². The number of hydrogen-bond acceptors (Lipinski definition) is 3. The third-order valence-electron chi connectivity index (χ3n) is 2.47. The van der Waals surface area contributed by atoms with Crippen LogP contribution in [0.25, 0.3) is 0 Å². The van der Waals surface area contributed by atoms with Gasteiger partial charge in [0.1, 0.15) is 4.60 Å². The normalized spacial score (nSPS) is 20.7. The van der Waals surface area contributed by atoms with Crippen LogP contribution in [-0.2, 0) is 6.54 Å². The first-order chi connectivity index (χ1) is 7.34. The van der Waals surface area contributed by atoms with Gasteiger partial charge in [0.15, 0.2) is 0 Å². The van der Waals surface area contributed by atoms with Crippen molar-refractivity contribution in [1.29, 1.82) is 0 Å². The quantitative estimate of drug-likeness (QED) is 0.862. The van der Waals surface area contributed by atoms with Crippen molar-refractivity contribution in [3.63, 3.8) is 0 Å². The Bertz CT molecular complexity index is 313. The van der Waals surface area contributed by atoms with Gasteiger partial charge in [0, 0.05) is 18.3 Å². The molecule has 0 saturated carbocycles. The van der Waals surface area contributed by atoms with Gasteiger partial charge in [-0.05, 0) is 46.7 Å². The smallest absolute Gasteiger partial charge is 0.106 e. The Morgan fingerprint density at radius 3 is 3.20 bits per heavy atom. The van der Waals surface area contributed by atoms with Crippen LogP contribution in [0.4, 0.5) is 0 Å². The maximum Gasteiger partial charge on any atom is 0.106 e. The first-order valence-electron chi connectivity index (χ1n) is 5.28. The number of pyridine rings is 1. The summed E-state index contributed by atoms with van der Waals surface area (Å²) >= 11 is 5.47. The van der Waals surface area contributed by atoms with Crippen molar-refractivity contribution in [3.8, 4) is 0 Å². The van der Waals surface area contributed by atoms with Crippen molar-refractivity contribution in [1.82, 2.24) is 10.3 Å². The van der Waals surface area contributed by atoms with E-state index in [0.29, 0.717) is 0 Å². The lowest BCUT2D eigenvalue weighted by Gasteiger charge is -2.09. The van der Waals surface area contributed by atoms with Crippen LogP contribution in [0.5, 0.6) is 0 Å². The zero-order valence-corrected chi connectivity index (χ0v) is 11.0. The second-order valence-electron chi connectivity index (χ2n) is 3.72. The first-order valence-corrected chi connectivity index (χ1v) is 7.12. The molecule has 15 heavy (non-hydrogen) atoms. The standard InChI is InChI=1S/C11H15BrN2S/c12-11-5-1-3-9(14-11)7-13-8-10-4-2-6-15-10/h1,3,5,10,13H,2,4,6-8H2. The minimum absolute atomic E-state index is 0.817. The van der Waals surface area contributed by atoms with Crippen LogP contribution in [-0.4, -0.2) is 22.5 Å². The largest absolute Gasteiger partial charge is 0.310 e. The number of aromatic nitrogens is 1. The van der Waals surface area contributed by atoms with Gasteiger partial charge in [0.2, 0.25) is 0 Å². The number of thioether (sulfide) groups is 1. The molecule has 1 atom stereocenters. The Balaban J connectivity index is 1.73. The molecule has 1 N–H and O–H groups in total. The van der Waals surface area contributed by atoms with Crippen molar-refractivity contribution in [3.05, 3.63) is 28.5 Å². The molecule has 0 radical (unpaired) electrons. The number of nitrogens with one attached hydrogen (secondary N) is 1. The lowest BCUT2D eigenvalue weighted by Crippen LogP contribution is -2.23. The predicted molar refractivity (Wildman–Crippen MR) is 69.1 cm³/mol. The number of hydrogen-bond donors (Lipinski definition) is 1. The third kappa shape index (κ3) is 3.78. The monoisotopic (exact) mass is 286 g/mol. The number of halogens is 1. The van der Waals surface area contributed by atoms with Gasteiger partial charge in [-0.1, -0.05) is 6.07 Å². The van der Waals surface area contributed by atoms with Crippen molar-refractivity contribution >= 4 is 27.7 Å². The lowest BCUT2D eigenvalue weighted by molar-refractivity contribution is 0.637. The SMILES string of the molecule is Brc1cccc(CNCC2CCCS2)n1. The van der Waals surface area contributed by atoms with E-state index >= 15 is 0 Å². The second kappa shape index (κ2) is 5.87. The summed E-state index contributed by atoms with van der Waals surface area (Å²) in [6.45, 7) is 1.98. The summed E-state index contributed by atoms with van der Waals surface area (Å²) in [5, 5.41) is 4.28. The lowest BCUT2D eigenvalue weighted by atomic mass is 10.2. The Kier molecular flexibility index (Phi) is 4.47. The summed E-state index contributed by atoms with van der Waals surface area (Å²) in [4.78, 5) is 4.38. The molecule has 2 heterocycles. The minimum Gasteiger partial charge on any atom is -0.310 e. The topological polar surface area (TPSA) is 24.9 Å². The van der Waals surface area contributed by atoms with Gasteiger partial charge in [-0.2, -0.15) is 11.8 Å². The van der Waals surface area contributed by atoms with E-state index < -0.39 is 0 Å².